The van der Waals surface area contributed by atoms with Gasteiger partial charge in [-0.2, -0.15) is 0 Å². The first-order valence-electron chi connectivity index (χ1n) is 7.69. The highest BCUT2D eigenvalue weighted by molar-refractivity contribution is 5.76. The number of rotatable bonds is 7. The number of carbonyl (C=O) groups is 1. The molecule has 0 spiro atoms. The minimum absolute atomic E-state index is 0.236. The van der Waals surface area contributed by atoms with Crippen LogP contribution in [0.1, 0.15) is 72.1 Å². The molecule has 1 saturated heterocycles. The Morgan fingerprint density at radius 1 is 1.17 bits per heavy atom. The van der Waals surface area contributed by atoms with E-state index in [0.29, 0.717) is 24.5 Å². The van der Waals surface area contributed by atoms with Crippen LogP contribution >= 0.6 is 0 Å². The van der Waals surface area contributed by atoms with Gasteiger partial charge in [-0.3, -0.25) is 4.79 Å². The standard InChI is InChI=1S/C15H30N2O/c1-4-5-6-7-8-9-15(18)17-14-11-10-12(2)16-13(14)3/h12-14,16H,4-11H2,1-3H3,(H,17,18). The van der Waals surface area contributed by atoms with Gasteiger partial charge >= 0.3 is 0 Å². The Bertz CT molecular complexity index is 243. The van der Waals surface area contributed by atoms with Crippen molar-refractivity contribution in [1.29, 1.82) is 0 Å². The second-order valence-electron chi connectivity index (χ2n) is 5.77. The summed E-state index contributed by atoms with van der Waals surface area (Å²) >= 11 is 0. The summed E-state index contributed by atoms with van der Waals surface area (Å²) < 4.78 is 0. The predicted molar refractivity (Wildman–Crippen MR) is 76.6 cm³/mol. The van der Waals surface area contributed by atoms with Gasteiger partial charge in [-0.05, 0) is 33.1 Å². The van der Waals surface area contributed by atoms with E-state index in [1.165, 1.54) is 25.7 Å². The number of unbranched alkanes of at least 4 members (excludes halogenated alkanes) is 4. The van der Waals surface area contributed by atoms with Gasteiger partial charge in [0.15, 0.2) is 0 Å². The lowest BCUT2D eigenvalue weighted by Gasteiger charge is -2.34. The number of hydrogen-bond acceptors (Lipinski definition) is 2. The predicted octanol–water partition coefficient (Wildman–Crippen LogP) is 2.99. The van der Waals surface area contributed by atoms with Gasteiger partial charge in [0.2, 0.25) is 5.91 Å². The summed E-state index contributed by atoms with van der Waals surface area (Å²) in [4.78, 5) is 11.8. The van der Waals surface area contributed by atoms with Crippen molar-refractivity contribution >= 4 is 5.91 Å². The topological polar surface area (TPSA) is 41.1 Å². The maximum atomic E-state index is 11.8. The van der Waals surface area contributed by atoms with Crippen LogP contribution in [0.2, 0.25) is 0 Å². The Balaban J connectivity index is 2.12. The normalized spacial score (nSPS) is 28.1. The third kappa shape index (κ3) is 5.85. The molecule has 0 aromatic rings. The van der Waals surface area contributed by atoms with Crippen molar-refractivity contribution in [2.75, 3.05) is 0 Å². The molecule has 1 fully saturated rings. The molecule has 3 atom stereocenters. The van der Waals surface area contributed by atoms with Crippen LogP contribution in [0.5, 0.6) is 0 Å². The van der Waals surface area contributed by atoms with Crippen molar-refractivity contribution in [3.63, 3.8) is 0 Å². The molecule has 2 N–H and O–H groups in total. The molecule has 0 aromatic heterocycles. The number of carbonyl (C=O) groups excluding carboxylic acids is 1. The molecule has 18 heavy (non-hydrogen) atoms. The molecule has 3 nitrogen and oxygen atoms in total. The molecule has 0 aliphatic carbocycles. The van der Waals surface area contributed by atoms with Crippen LogP contribution in [0.3, 0.4) is 0 Å². The SMILES string of the molecule is CCCCCCCC(=O)NC1CCC(C)NC1C. The molecule has 0 radical (unpaired) electrons. The second-order valence-corrected chi connectivity index (χ2v) is 5.77. The third-order valence-corrected chi connectivity index (χ3v) is 3.92. The summed E-state index contributed by atoms with van der Waals surface area (Å²) in [5.74, 6) is 0.236. The fourth-order valence-electron chi connectivity index (χ4n) is 2.69. The van der Waals surface area contributed by atoms with Gasteiger partial charge in [0.1, 0.15) is 0 Å². The monoisotopic (exact) mass is 254 g/mol. The first-order valence-corrected chi connectivity index (χ1v) is 7.69. The Morgan fingerprint density at radius 3 is 2.56 bits per heavy atom. The van der Waals surface area contributed by atoms with Crippen LogP contribution in [0.15, 0.2) is 0 Å². The number of amides is 1. The Labute approximate surface area is 112 Å². The van der Waals surface area contributed by atoms with Gasteiger partial charge < -0.3 is 10.6 Å². The van der Waals surface area contributed by atoms with Crippen molar-refractivity contribution in [1.82, 2.24) is 10.6 Å². The molecular weight excluding hydrogens is 224 g/mol. The number of hydrogen-bond donors (Lipinski definition) is 2. The smallest absolute Gasteiger partial charge is 0.220 e. The minimum Gasteiger partial charge on any atom is -0.352 e. The van der Waals surface area contributed by atoms with Crippen LogP contribution in [-0.2, 0) is 4.79 Å². The van der Waals surface area contributed by atoms with Crippen LogP contribution in [0, 0.1) is 0 Å². The maximum Gasteiger partial charge on any atom is 0.220 e. The van der Waals surface area contributed by atoms with Crippen molar-refractivity contribution < 1.29 is 4.79 Å². The van der Waals surface area contributed by atoms with Gasteiger partial charge in [-0.25, -0.2) is 0 Å². The lowest BCUT2D eigenvalue weighted by Crippen LogP contribution is -2.54. The lowest BCUT2D eigenvalue weighted by molar-refractivity contribution is -0.122. The summed E-state index contributed by atoms with van der Waals surface area (Å²) in [6.45, 7) is 6.59. The zero-order valence-electron chi connectivity index (χ0n) is 12.3. The third-order valence-electron chi connectivity index (χ3n) is 3.92. The van der Waals surface area contributed by atoms with E-state index in [9.17, 15) is 4.79 Å². The molecule has 3 unspecified atom stereocenters. The van der Waals surface area contributed by atoms with Crippen molar-refractivity contribution in [3.05, 3.63) is 0 Å². The molecule has 0 bridgehead atoms. The van der Waals surface area contributed by atoms with E-state index in [2.05, 4.69) is 31.4 Å². The highest BCUT2D eigenvalue weighted by atomic mass is 16.1. The first-order chi connectivity index (χ1) is 8.63. The minimum atomic E-state index is 0.236. The van der Waals surface area contributed by atoms with Gasteiger partial charge in [0, 0.05) is 24.5 Å². The van der Waals surface area contributed by atoms with Gasteiger partial charge in [-0.15, -0.1) is 0 Å². The van der Waals surface area contributed by atoms with Gasteiger partial charge in [0.25, 0.3) is 0 Å². The molecule has 0 aromatic carbocycles. The molecular formula is C15H30N2O. The molecule has 1 amide bonds. The fraction of sp³-hybridized carbons (Fsp3) is 0.933. The van der Waals surface area contributed by atoms with E-state index < -0.39 is 0 Å². The molecule has 1 rings (SSSR count). The average Bonchev–Trinajstić information content (AvgIpc) is 2.32. The van der Waals surface area contributed by atoms with E-state index in [0.717, 1.165) is 19.3 Å². The highest BCUT2D eigenvalue weighted by Gasteiger charge is 2.25. The van der Waals surface area contributed by atoms with Crippen LogP contribution in [-0.4, -0.2) is 24.0 Å². The van der Waals surface area contributed by atoms with Crippen molar-refractivity contribution in [3.8, 4) is 0 Å². The highest BCUT2D eigenvalue weighted by Crippen LogP contribution is 2.13. The molecule has 0 saturated carbocycles. The van der Waals surface area contributed by atoms with Gasteiger partial charge in [0.05, 0.1) is 0 Å². The van der Waals surface area contributed by atoms with E-state index in [1.54, 1.807) is 0 Å². The Kier molecular flexibility index (Phi) is 7.33. The van der Waals surface area contributed by atoms with Crippen LogP contribution < -0.4 is 10.6 Å². The molecule has 106 valence electrons. The summed E-state index contributed by atoms with van der Waals surface area (Å²) in [6.07, 6.45) is 9.01. The van der Waals surface area contributed by atoms with Crippen LogP contribution in [0.4, 0.5) is 0 Å². The largest absolute Gasteiger partial charge is 0.352 e. The molecule has 1 aliphatic rings. The molecule has 1 heterocycles. The summed E-state index contributed by atoms with van der Waals surface area (Å²) in [5.41, 5.74) is 0. The molecule has 3 heteroatoms. The van der Waals surface area contributed by atoms with E-state index in [4.69, 9.17) is 0 Å². The Hall–Kier alpha value is -0.570. The first kappa shape index (κ1) is 15.5. The van der Waals surface area contributed by atoms with Crippen molar-refractivity contribution in [2.24, 2.45) is 0 Å². The quantitative estimate of drug-likeness (QED) is 0.686. The number of nitrogens with one attached hydrogen (secondary N) is 2. The maximum absolute atomic E-state index is 11.8. The fourth-order valence-corrected chi connectivity index (χ4v) is 2.69. The zero-order valence-corrected chi connectivity index (χ0v) is 12.3. The second kappa shape index (κ2) is 8.52. The van der Waals surface area contributed by atoms with Gasteiger partial charge in [-0.1, -0.05) is 32.6 Å². The van der Waals surface area contributed by atoms with E-state index in [-0.39, 0.29) is 5.91 Å². The lowest BCUT2D eigenvalue weighted by atomic mass is 9.95. The Morgan fingerprint density at radius 2 is 1.89 bits per heavy atom. The van der Waals surface area contributed by atoms with Crippen LogP contribution in [0.25, 0.3) is 0 Å². The van der Waals surface area contributed by atoms with E-state index in [1.807, 2.05) is 0 Å². The molecule has 1 aliphatic heterocycles. The summed E-state index contributed by atoms with van der Waals surface area (Å²) in [7, 11) is 0. The number of piperidine rings is 1. The van der Waals surface area contributed by atoms with Crippen molar-refractivity contribution in [2.45, 2.75) is 90.3 Å². The zero-order chi connectivity index (χ0) is 13.4. The summed E-state index contributed by atoms with van der Waals surface area (Å²) in [5, 5.41) is 6.68. The average molecular weight is 254 g/mol. The van der Waals surface area contributed by atoms with E-state index >= 15 is 0 Å². The summed E-state index contributed by atoms with van der Waals surface area (Å²) in [6, 6.07) is 1.31.